The van der Waals surface area contributed by atoms with Crippen molar-refractivity contribution in [3.63, 3.8) is 0 Å². The second-order valence-electron chi connectivity index (χ2n) is 6.48. The van der Waals surface area contributed by atoms with E-state index >= 15 is 0 Å². The number of benzene rings is 2. The molecule has 7 nitrogen and oxygen atoms in total. The van der Waals surface area contributed by atoms with Crippen molar-refractivity contribution in [1.29, 1.82) is 0 Å². The third kappa shape index (κ3) is 3.80. The highest BCUT2D eigenvalue weighted by Gasteiger charge is 2.26. The molecule has 1 aromatic heterocycles. The molecule has 0 unspecified atom stereocenters. The van der Waals surface area contributed by atoms with Gasteiger partial charge in [0.05, 0.1) is 24.7 Å². The fourth-order valence-electron chi connectivity index (χ4n) is 3.13. The van der Waals surface area contributed by atoms with Crippen LogP contribution in [0.2, 0.25) is 0 Å². The number of amides is 1. The van der Waals surface area contributed by atoms with Gasteiger partial charge in [0.15, 0.2) is 0 Å². The normalized spacial score (nSPS) is 15.6. The fourth-order valence-corrected chi connectivity index (χ4v) is 4.58. The van der Waals surface area contributed by atoms with Gasteiger partial charge in [0.1, 0.15) is 11.3 Å². The van der Waals surface area contributed by atoms with Crippen molar-refractivity contribution >= 4 is 26.9 Å². The Morgan fingerprint density at radius 2 is 1.82 bits per heavy atom. The average Bonchev–Trinajstić information content (AvgIpc) is 3.16. The summed E-state index contributed by atoms with van der Waals surface area (Å²) in [5.41, 5.74) is 1.04. The maximum Gasteiger partial charge on any atom is 0.251 e. The van der Waals surface area contributed by atoms with Gasteiger partial charge in [-0.2, -0.15) is 4.31 Å². The predicted molar refractivity (Wildman–Crippen MR) is 103 cm³/mol. The zero-order valence-electron chi connectivity index (χ0n) is 15.1. The Labute approximate surface area is 162 Å². The number of hydrogen-bond donors (Lipinski definition) is 1. The topological polar surface area (TPSA) is 88.8 Å². The molecule has 0 bridgehead atoms. The number of nitrogens with zero attached hydrogens (tertiary/aromatic N) is 1. The highest BCUT2D eigenvalue weighted by Crippen LogP contribution is 2.20. The van der Waals surface area contributed by atoms with E-state index in [2.05, 4.69) is 5.32 Å². The Bertz CT molecular complexity index is 1070. The molecule has 1 aliphatic heterocycles. The van der Waals surface area contributed by atoms with Crippen molar-refractivity contribution < 1.29 is 22.4 Å². The molecule has 1 fully saturated rings. The second kappa shape index (κ2) is 7.75. The van der Waals surface area contributed by atoms with Gasteiger partial charge in [0.25, 0.3) is 5.91 Å². The third-order valence-corrected chi connectivity index (χ3v) is 6.50. The van der Waals surface area contributed by atoms with Crippen LogP contribution in [0.3, 0.4) is 0 Å². The van der Waals surface area contributed by atoms with E-state index < -0.39 is 10.0 Å². The van der Waals surface area contributed by atoms with Crippen LogP contribution in [-0.4, -0.2) is 44.9 Å². The van der Waals surface area contributed by atoms with E-state index in [1.165, 1.54) is 16.4 Å². The Hall–Kier alpha value is -2.68. The molecular weight excluding hydrogens is 380 g/mol. The van der Waals surface area contributed by atoms with E-state index in [4.69, 9.17) is 9.15 Å². The van der Waals surface area contributed by atoms with Gasteiger partial charge in [0.2, 0.25) is 10.0 Å². The van der Waals surface area contributed by atoms with Gasteiger partial charge in [0, 0.05) is 24.0 Å². The Kier molecular flexibility index (Phi) is 5.17. The number of nitrogens with one attached hydrogen (secondary N) is 1. The van der Waals surface area contributed by atoms with Gasteiger partial charge in [-0.3, -0.25) is 4.79 Å². The fraction of sp³-hybridized carbons (Fsp3) is 0.250. The molecule has 2 heterocycles. The number of ether oxygens (including phenoxy) is 1. The Balaban J connectivity index is 1.48. The maximum absolute atomic E-state index is 12.8. The molecule has 0 atom stereocenters. The summed E-state index contributed by atoms with van der Waals surface area (Å²) in [6.45, 7) is 1.58. The number of para-hydroxylation sites is 1. The third-order valence-electron chi connectivity index (χ3n) is 4.60. The van der Waals surface area contributed by atoms with Gasteiger partial charge < -0.3 is 14.5 Å². The number of rotatable bonds is 5. The van der Waals surface area contributed by atoms with Crippen molar-refractivity contribution in [2.45, 2.75) is 11.4 Å². The Morgan fingerprint density at radius 1 is 1.04 bits per heavy atom. The van der Waals surface area contributed by atoms with Crippen molar-refractivity contribution in [3.05, 3.63) is 65.9 Å². The minimum atomic E-state index is -3.65. The van der Waals surface area contributed by atoms with E-state index in [1.807, 2.05) is 30.3 Å². The van der Waals surface area contributed by atoms with Crippen LogP contribution in [-0.2, 0) is 21.3 Å². The van der Waals surface area contributed by atoms with Crippen LogP contribution in [0, 0.1) is 0 Å². The molecule has 28 heavy (non-hydrogen) atoms. The van der Waals surface area contributed by atoms with Crippen LogP contribution in [0.1, 0.15) is 16.1 Å². The molecule has 0 saturated carbocycles. The first-order valence-corrected chi connectivity index (χ1v) is 10.4. The van der Waals surface area contributed by atoms with E-state index in [0.717, 1.165) is 11.0 Å². The summed E-state index contributed by atoms with van der Waals surface area (Å²) < 4.78 is 37.8. The lowest BCUT2D eigenvalue weighted by atomic mass is 10.2. The summed E-state index contributed by atoms with van der Waals surface area (Å²) in [6.07, 6.45) is 0. The van der Waals surface area contributed by atoms with Gasteiger partial charge >= 0.3 is 0 Å². The van der Waals surface area contributed by atoms with Crippen LogP contribution in [0.15, 0.2) is 63.9 Å². The minimum absolute atomic E-state index is 0.103. The quantitative estimate of drug-likeness (QED) is 0.710. The molecule has 1 aliphatic rings. The summed E-state index contributed by atoms with van der Waals surface area (Å²) in [5, 5.41) is 3.74. The molecule has 1 N–H and O–H groups in total. The predicted octanol–water partition coefficient (Wildman–Crippen LogP) is 2.38. The number of carbonyl (C=O) groups excluding carboxylic acids is 1. The monoisotopic (exact) mass is 400 g/mol. The molecule has 0 aliphatic carbocycles. The molecule has 0 spiro atoms. The second-order valence-corrected chi connectivity index (χ2v) is 8.42. The summed E-state index contributed by atoms with van der Waals surface area (Å²) in [5.74, 6) is 0.270. The number of morpholine rings is 1. The van der Waals surface area contributed by atoms with Crippen LogP contribution in [0.25, 0.3) is 11.0 Å². The van der Waals surface area contributed by atoms with Crippen molar-refractivity contribution in [1.82, 2.24) is 9.62 Å². The lowest BCUT2D eigenvalue weighted by molar-refractivity contribution is 0.0730. The zero-order chi connectivity index (χ0) is 19.6. The van der Waals surface area contributed by atoms with E-state index in [0.29, 0.717) is 32.1 Å². The molecule has 8 heteroatoms. The van der Waals surface area contributed by atoms with E-state index in [-0.39, 0.29) is 22.9 Å². The lowest BCUT2D eigenvalue weighted by Crippen LogP contribution is -2.40. The summed E-state index contributed by atoms with van der Waals surface area (Å²) in [6, 6.07) is 15.5. The molecule has 3 aromatic rings. The van der Waals surface area contributed by atoms with E-state index in [1.54, 1.807) is 12.1 Å². The molecule has 2 aromatic carbocycles. The van der Waals surface area contributed by atoms with Crippen molar-refractivity contribution in [2.24, 2.45) is 0 Å². The van der Waals surface area contributed by atoms with Gasteiger partial charge in [-0.05, 0) is 30.3 Å². The summed E-state index contributed by atoms with van der Waals surface area (Å²) in [4.78, 5) is 12.6. The van der Waals surface area contributed by atoms with Crippen LogP contribution < -0.4 is 5.32 Å². The minimum Gasteiger partial charge on any atom is -0.459 e. The SMILES string of the molecule is O=C(NCc1cc2ccccc2o1)c1cccc(S(=O)(=O)N2CCOCC2)c1. The average molecular weight is 400 g/mol. The number of furan rings is 1. The standard InChI is InChI=1S/C20H20N2O5S/c23-20(21-14-17-12-15-4-1-2-7-19(15)27-17)16-5-3-6-18(13-16)28(24,25)22-8-10-26-11-9-22/h1-7,12-13H,8-11,14H2,(H,21,23). The largest absolute Gasteiger partial charge is 0.459 e. The number of fused-ring (bicyclic) bond motifs is 1. The molecule has 1 saturated heterocycles. The van der Waals surface area contributed by atoms with Crippen LogP contribution in [0.5, 0.6) is 0 Å². The molecule has 1 amide bonds. The molecule has 146 valence electrons. The highest BCUT2D eigenvalue weighted by molar-refractivity contribution is 7.89. The number of carbonyl (C=O) groups is 1. The van der Waals surface area contributed by atoms with Crippen LogP contribution >= 0.6 is 0 Å². The van der Waals surface area contributed by atoms with Crippen molar-refractivity contribution in [3.8, 4) is 0 Å². The molecule has 4 rings (SSSR count). The summed E-state index contributed by atoms with van der Waals surface area (Å²) >= 11 is 0. The first kappa shape index (κ1) is 18.7. The summed E-state index contributed by atoms with van der Waals surface area (Å²) in [7, 11) is -3.65. The smallest absolute Gasteiger partial charge is 0.251 e. The Morgan fingerprint density at radius 3 is 2.61 bits per heavy atom. The molecule has 0 radical (unpaired) electrons. The van der Waals surface area contributed by atoms with Gasteiger partial charge in [-0.15, -0.1) is 0 Å². The first-order valence-electron chi connectivity index (χ1n) is 8.98. The van der Waals surface area contributed by atoms with Crippen LogP contribution in [0.4, 0.5) is 0 Å². The molecular formula is C20H20N2O5S. The number of hydrogen-bond acceptors (Lipinski definition) is 5. The first-order chi connectivity index (χ1) is 13.5. The highest BCUT2D eigenvalue weighted by atomic mass is 32.2. The lowest BCUT2D eigenvalue weighted by Gasteiger charge is -2.26. The van der Waals surface area contributed by atoms with Gasteiger partial charge in [-0.25, -0.2) is 8.42 Å². The van der Waals surface area contributed by atoms with Gasteiger partial charge in [-0.1, -0.05) is 24.3 Å². The number of sulfonamides is 1. The van der Waals surface area contributed by atoms with Crippen molar-refractivity contribution in [2.75, 3.05) is 26.3 Å². The maximum atomic E-state index is 12.8. The van der Waals surface area contributed by atoms with E-state index in [9.17, 15) is 13.2 Å². The zero-order valence-corrected chi connectivity index (χ0v) is 15.9.